The van der Waals surface area contributed by atoms with Gasteiger partial charge in [0.2, 0.25) is 10.0 Å². The highest BCUT2D eigenvalue weighted by atomic mass is 32.2. The van der Waals surface area contributed by atoms with Crippen molar-refractivity contribution in [3.8, 4) is 0 Å². The Labute approximate surface area is 134 Å². The van der Waals surface area contributed by atoms with E-state index >= 15 is 0 Å². The molecule has 4 nitrogen and oxygen atoms in total. The molecule has 0 spiro atoms. The molecule has 1 saturated heterocycles. The fourth-order valence-corrected chi connectivity index (χ4v) is 5.46. The number of hydrogen-bond donors (Lipinski definition) is 0. The van der Waals surface area contributed by atoms with Gasteiger partial charge in [0.25, 0.3) is 0 Å². The molecule has 124 valence electrons. The van der Waals surface area contributed by atoms with Crippen molar-refractivity contribution in [3.63, 3.8) is 0 Å². The van der Waals surface area contributed by atoms with Gasteiger partial charge in [-0.2, -0.15) is 4.31 Å². The molecule has 1 aromatic carbocycles. The maximum absolute atomic E-state index is 13.2. The van der Waals surface area contributed by atoms with Crippen molar-refractivity contribution in [2.24, 2.45) is 0 Å². The van der Waals surface area contributed by atoms with Gasteiger partial charge in [0.1, 0.15) is 0 Å². The lowest BCUT2D eigenvalue weighted by Gasteiger charge is -2.35. The van der Waals surface area contributed by atoms with Gasteiger partial charge in [-0.15, -0.1) is 0 Å². The largest absolute Gasteiger partial charge is 0.373 e. The summed E-state index contributed by atoms with van der Waals surface area (Å²) < 4.78 is 33.7. The second kappa shape index (κ2) is 5.95. The Hall–Kier alpha value is -0.910. The van der Waals surface area contributed by atoms with E-state index in [1.165, 1.54) is 5.56 Å². The monoisotopic (exact) mass is 325 g/mol. The standard InChI is InChI=1S/C17H27NO3S/c1-10-8-18(9-11(2)21-10)22(19,20)17-15(6)13(4)12(3)14(5)16(17)7/h10-11H,8-9H2,1-7H3/t10-,11-/m1/s1. The van der Waals surface area contributed by atoms with E-state index in [9.17, 15) is 8.42 Å². The molecule has 0 saturated carbocycles. The van der Waals surface area contributed by atoms with Crippen LogP contribution in [-0.2, 0) is 14.8 Å². The molecule has 1 aliphatic rings. The minimum absolute atomic E-state index is 0.0771. The average molecular weight is 325 g/mol. The van der Waals surface area contributed by atoms with Crippen LogP contribution in [0.15, 0.2) is 4.90 Å². The SMILES string of the molecule is Cc1c(C)c(C)c(S(=O)(=O)N2C[C@@H](C)O[C@H](C)C2)c(C)c1C. The third-order valence-corrected chi connectivity index (χ3v) is 7.02. The van der Waals surface area contributed by atoms with Gasteiger partial charge in [0.05, 0.1) is 17.1 Å². The van der Waals surface area contributed by atoms with Crippen LogP contribution in [0.4, 0.5) is 0 Å². The van der Waals surface area contributed by atoms with Crippen molar-refractivity contribution < 1.29 is 13.2 Å². The molecular formula is C17H27NO3S. The molecule has 0 unspecified atom stereocenters. The number of morpholine rings is 1. The normalized spacial score (nSPS) is 23.8. The van der Waals surface area contributed by atoms with E-state index in [1.807, 2.05) is 41.5 Å². The number of sulfonamides is 1. The van der Waals surface area contributed by atoms with Crippen molar-refractivity contribution in [1.29, 1.82) is 0 Å². The Balaban J connectivity index is 2.60. The highest BCUT2D eigenvalue weighted by Crippen LogP contribution is 2.32. The van der Waals surface area contributed by atoms with Gasteiger partial charge in [-0.25, -0.2) is 8.42 Å². The topological polar surface area (TPSA) is 46.6 Å². The van der Waals surface area contributed by atoms with Gasteiger partial charge >= 0.3 is 0 Å². The summed E-state index contributed by atoms with van der Waals surface area (Å²) in [6, 6.07) is 0. The van der Waals surface area contributed by atoms with Gasteiger partial charge in [0, 0.05) is 13.1 Å². The Morgan fingerprint density at radius 2 is 1.18 bits per heavy atom. The predicted octanol–water partition coefficient (Wildman–Crippen LogP) is 3.03. The third kappa shape index (κ3) is 2.82. The highest BCUT2D eigenvalue weighted by Gasteiger charge is 2.34. The summed E-state index contributed by atoms with van der Waals surface area (Å²) in [5.41, 5.74) is 5.05. The van der Waals surface area contributed by atoms with Crippen LogP contribution in [0.2, 0.25) is 0 Å². The summed E-state index contributed by atoms with van der Waals surface area (Å²) in [5, 5.41) is 0. The van der Waals surface area contributed by atoms with E-state index in [0.29, 0.717) is 18.0 Å². The number of ether oxygens (including phenoxy) is 1. The second-order valence-corrected chi connectivity index (χ2v) is 8.41. The van der Waals surface area contributed by atoms with E-state index < -0.39 is 10.0 Å². The van der Waals surface area contributed by atoms with Crippen LogP contribution in [-0.4, -0.2) is 38.0 Å². The molecule has 2 atom stereocenters. The summed E-state index contributed by atoms with van der Waals surface area (Å²) in [6.45, 7) is 14.5. The summed E-state index contributed by atoms with van der Waals surface area (Å²) >= 11 is 0. The van der Waals surface area contributed by atoms with E-state index in [2.05, 4.69) is 6.92 Å². The quantitative estimate of drug-likeness (QED) is 0.839. The van der Waals surface area contributed by atoms with Crippen LogP contribution in [0.25, 0.3) is 0 Å². The summed E-state index contributed by atoms with van der Waals surface area (Å²) in [7, 11) is -3.50. The molecule has 1 aromatic rings. The lowest BCUT2D eigenvalue weighted by molar-refractivity contribution is -0.0441. The first-order valence-corrected chi connectivity index (χ1v) is 9.24. The van der Waals surface area contributed by atoms with Gasteiger partial charge in [0.15, 0.2) is 0 Å². The predicted molar refractivity (Wildman–Crippen MR) is 88.9 cm³/mol. The number of hydrogen-bond acceptors (Lipinski definition) is 3. The molecule has 1 heterocycles. The van der Waals surface area contributed by atoms with Gasteiger partial charge in [-0.05, 0) is 76.3 Å². The molecule has 0 N–H and O–H groups in total. The van der Waals surface area contributed by atoms with Crippen molar-refractivity contribution in [2.75, 3.05) is 13.1 Å². The van der Waals surface area contributed by atoms with Crippen LogP contribution in [0, 0.1) is 34.6 Å². The molecule has 1 aliphatic heterocycles. The minimum Gasteiger partial charge on any atom is -0.373 e. The summed E-state index contributed by atoms with van der Waals surface area (Å²) in [6.07, 6.45) is -0.154. The van der Waals surface area contributed by atoms with E-state index in [-0.39, 0.29) is 12.2 Å². The Kier molecular flexibility index (Phi) is 4.71. The Bertz CT molecular complexity index is 655. The smallest absolute Gasteiger partial charge is 0.243 e. The second-order valence-electron chi connectivity index (χ2n) is 6.53. The Morgan fingerprint density at radius 1 is 0.818 bits per heavy atom. The number of rotatable bonds is 2. The van der Waals surface area contributed by atoms with Gasteiger partial charge in [-0.1, -0.05) is 0 Å². The molecule has 0 radical (unpaired) electrons. The minimum atomic E-state index is -3.50. The van der Waals surface area contributed by atoms with Crippen molar-refractivity contribution in [2.45, 2.75) is 65.6 Å². The molecule has 0 amide bonds. The van der Waals surface area contributed by atoms with E-state index in [4.69, 9.17) is 4.74 Å². The van der Waals surface area contributed by atoms with Crippen LogP contribution in [0.5, 0.6) is 0 Å². The maximum atomic E-state index is 13.2. The molecule has 0 aliphatic carbocycles. The molecule has 2 rings (SSSR count). The van der Waals surface area contributed by atoms with Gasteiger partial charge < -0.3 is 4.74 Å². The zero-order valence-corrected chi connectivity index (χ0v) is 15.5. The van der Waals surface area contributed by atoms with Crippen LogP contribution in [0.1, 0.15) is 41.7 Å². The summed E-state index contributed by atoms with van der Waals surface area (Å²) in [5.74, 6) is 0. The lowest BCUT2D eigenvalue weighted by Crippen LogP contribution is -2.48. The zero-order chi connectivity index (χ0) is 16.8. The first-order valence-electron chi connectivity index (χ1n) is 7.80. The van der Waals surface area contributed by atoms with Crippen molar-refractivity contribution in [1.82, 2.24) is 4.31 Å². The highest BCUT2D eigenvalue weighted by molar-refractivity contribution is 7.89. The van der Waals surface area contributed by atoms with Crippen LogP contribution < -0.4 is 0 Å². The molecule has 1 fully saturated rings. The van der Waals surface area contributed by atoms with Crippen molar-refractivity contribution >= 4 is 10.0 Å². The van der Waals surface area contributed by atoms with Gasteiger partial charge in [-0.3, -0.25) is 0 Å². The first kappa shape index (κ1) is 17.4. The molecule has 22 heavy (non-hydrogen) atoms. The maximum Gasteiger partial charge on any atom is 0.243 e. The Morgan fingerprint density at radius 3 is 1.59 bits per heavy atom. The number of benzene rings is 1. The zero-order valence-electron chi connectivity index (χ0n) is 14.6. The van der Waals surface area contributed by atoms with Crippen molar-refractivity contribution in [3.05, 3.63) is 27.8 Å². The molecule has 5 heteroatoms. The van der Waals surface area contributed by atoms with Crippen LogP contribution in [0.3, 0.4) is 0 Å². The lowest BCUT2D eigenvalue weighted by atomic mass is 9.95. The van der Waals surface area contributed by atoms with E-state index in [1.54, 1.807) is 4.31 Å². The average Bonchev–Trinajstić information content (AvgIpc) is 2.42. The molecule has 0 bridgehead atoms. The number of nitrogens with zero attached hydrogens (tertiary/aromatic N) is 1. The summed E-state index contributed by atoms with van der Waals surface area (Å²) in [4.78, 5) is 0.481. The van der Waals surface area contributed by atoms with Crippen LogP contribution >= 0.6 is 0 Å². The van der Waals surface area contributed by atoms with E-state index in [0.717, 1.165) is 22.3 Å². The fraction of sp³-hybridized carbons (Fsp3) is 0.647. The molecular weight excluding hydrogens is 298 g/mol. The first-order chi connectivity index (χ1) is 10.1. The fourth-order valence-electron chi connectivity index (χ4n) is 3.31. The molecule has 0 aromatic heterocycles. The third-order valence-electron chi connectivity index (χ3n) is 4.92.